The van der Waals surface area contributed by atoms with E-state index in [1.807, 2.05) is 17.8 Å². The molecule has 0 bridgehead atoms. The van der Waals surface area contributed by atoms with Crippen molar-refractivity contribution in [3.8, 4) is 17.2 Å². The van der Waals surface area contributed by atoms with Gasteiger partial charge < -0.3 is 10.1 Å². The van der Waals surface area contributed by atoms with Crippen molar-refractivity contribution in [3.63, 3.8) is 0 Å². The molecule has 2 saturated heterocycles. The van der Waals surface area contributed by atoms with Crippen LogP contribution in [-0.2, 0) is 14.9 Å². The molecule has 2 amide bonds. The molecule has 5 rings (SSSR count). The molecule has 1 aliphatic carbocycles. The minimum absolute atomic E-state index is 0.209. The zero-order valence-electron chi connectivity index (χ0n) is 17.4. The Morgan fingerprint density at radius 1 is 1.38 bits per heavy atom. The third-order valence-corrected chi connectivity index (χ3v) is 7.73. The highest BCUT2D eigenvalue weighted by molar-refractivity contribution is 7.99. The fourth-order valence-corrected chi connectivity index (χ4v) is 6.39. The lowest BCUT2D eigenvalue weighted by Crippen LogP contribution is -2.33. The van der Waals surface area contributed by atoms with Gasteiger partial charge in [-0.1, -0.05) is 6.07 Å². The largest absolute Gasteiger partial charge is 0.442 e. The summed E-state index contributed by atoms with van der Waals surface area (Å²) in [4.78, 5) is 29.1. The van der Waals surface area contributed by atoms with Crippen LogP contribution in [0.1, 0.15) is 12.6 Å². The second-order valence-electron chi connectivity index (χ2n) is 8.38. The number of carbonyl (C=O) groups is 2. The minimum Gasteiger partial charge on any atom is -0.442 e. The number of anilines is 1. The van der Waals surface area contributed by atoms with Crippen molar-refractivity contribution < 1.29 is 18.7 Å². The van der Waals surface area contributed by atoms with Crippen molar-refractivity contribution in [1.82, 2.24) is 10.3 Å². The maximum absolute atomic E-state index is 14.9. The molecule has 1 aromatic heterocycles. The Hall–Kier alpha value is -3.12. The topological polar surface area (TPSA) is 95.3 Å². The van der Waals surface area contributed by atoms with Crippen molar-refractivity contribution in [2.24, 2.45) is 11.8 Å². The lowest BCUT2D eigenvalue weighted by Gasteiger charge is -2.15. The Labute approximate surface area is 188 Å². The number of rotatable bonds is 5. The lowest BCUT2D eigenvalue weighted by molar-refractivity contribution is -0.119. The summed E-state index contributed by atoms with van der Waals surface area (Å²) in [5.74, 6) is 2.01. The molecule has 4 atom stereocenters. The number of pyridine rings is 1. The van der Waals surface area contributed by atoms with Gasteiger partial charge in [-0.3, -0.25) is 14.7 Å². The highest BCUT2D eigenvalue weighted by Gasteiger charge is 2.69. The first kappa shape index (κ1) is 20.8. The normalized spacial score (nSPS) is 28.1. The number of hydrogen-bond donors (Lipinski definition) is 1. The number of amides is 2. The summed E-state index contributed by atoms with van der Waals surface area (Å²) < 4.78 is 20.2. The predicted molar refractivity (Wildman–Crippen MR) is 118 cm³/mol. The number of nitriles is 1. The molecule has 9 heteroatoms. The second kappa shape index (κ2) is 7.78. The SMILES string of the molecule is CC(=O)NC[C@H]1CN(c2ccc(-c3ccc([C@@]4(C#N)[C@@H]5CSC[C@@H]54)nc3)c(F)c2)C(=O)O1. The number of hydrogen-bond acceptors (Lipinski definition) is 6. The first-order valence-corrected chi connectivity index (χ1v) is 11.6. The number of cyclic esters (lactones) is 1. The number of ether oxygens (including phenoxy) is 1. The Bertz CT molecular complexity index is 1120. The summed E-state index contributed by atoms with van der Waals surface area (Å²) in [7, 11) is 0. The van der Waals surface area contributed by atoms with Crippen LogP contribution in [0.5, 0.6) is 0 Å². The van der Waals surface area contributed by atoms with E-state index in [0.29, 0.717) is 28.7 Å². The molecule has 7 nitrogen and oxygen atoms in total. The summed E-state index contributed by atoms with van der Waals surface area (Å²) >= 11 is 1.88. The molecule has 0 unspecified atom stereocenters. The van der Waals surface area contributed by atoms with Gasteiger partial charge in [0.1, 0.15) is 17.3 Å². The molecule has 3 fully saturated rings. The van der Waals surface area contributed by atoms with E-state index in [4.69, 9.17) is 4.74 Å². The van der Waals surface area contributed by atoms with Crippen molar-refractivity contribution in [2.75, 3.05) is 29.5 Å². The lowest BCUT2D eigenvalue weighted by atomic mass is 9.97. The third kappa shape index (κ3) is 3.30. The first-order valence-electron chi connectivity index (χ1n) is 10.4. The molecule has 3 heterocycles. The van der Waals surface area contributed by atoms with Crippen LogP contribution in [-0.4, -0.2) is 47.7 Å². The number of thioether (sulfide) groups is 1. The summed E-state index contributed by atoms with van der Waals surface area (Å²) in [5.41, 5.74) is 1.64. The van der Waals surface area contributed by atoms with Gasteiger partial charge in [0.05, 0.1) is 30.5 Å². The quantitative estimate of drug-likeness (QED) is 0.749. The van der Waals surface area contributed by atoms with Gasteiger partial charge in [-0.15, -0.1) is 0 Å². The number of carbonyl (C=O) groups excluding carboxylic acids is 2. The van der Waals surface area contributed by atoms with E-state index in [1.165, 1.54) is 17.9 Å². The molecule has 1 aromatic carbocycles. The molecule has 2 aromatic rings. The highest BCUT2D eigenvalue weighted by Crippen LogP contribution is 2.65. The number of halogens is 1. The fourth-order valence-electron chi connectivity index (χ4n) is 4.76. The zero-order valence-corrected chi connectivity index (χ0v) is 18.2. The van der Waals surface area contributed by atoms with Gasteiger partial charge in [0, 0.05) is 24.2 Å². The molecule has 164 valence electrons. The highest BCUT2D eigenvalue weighted by atomic mass is 32.2. The number of aromatic nitrogens is 1. The van der Waals surface area contributed by atoms with Crippen LogP contribution >= 0.6 is 11.8 Å². The van der Waals surface area contributed by atoms with E-state index in [1.54, 1.807) is 24.4 Å². The van der Waals surface area contributed by atoms with Gasteiger partial charge in [0.25, 0.3) is 0 Å². The smallest absolute Gasteiger partial charge is 0.414 e. The van der Waals surface area contributed by atoms with E-state index in [9.17, 15) is 19.2 Å². The molecular weight excluding hydrogens is 431 g/mol. The average Bonchev–Trinajstić information content (AvgIpc) is 3.09. The van der Waals surface area contributed by atoms with Gasteiger partial charge in [0.2, 0.25) is 5.91 Å². The average molecular weight is 453 g/mol. The van der Waals surface area contributed by atoms with Gasteiger partial charge in [-0.2, -0.15) is 17.0 Å². The van der Waals surface area contributed by atoms with Crippen LogP contribution in [0, 0.1) is 29.0 Å². The summed E-state index contributed by atoms with van der Waals surface area (Å²) in [6.07, 6.45) is 0.550. The Balaban J connectivity index is 1.32. The Morgan fingerprint density at radius 3 is 2.78 bits per heavy atom. The van der Waals surface area contributed by atoms with Crippen LogP contribution in [0.25, 0.3) is 11.1 Å². The van der Waals surface area contributed by atoms with Crippen molar-refractivity contribution in [2.45, 2.75) is 18.4 Å². The fraction of sp³-hybridized carbons (Fsp3) is 0.391. The standard InChI is InChI=1S/C23H21FN4O3S/c1-13(29)26-8-16-9-28(22(30)31-16)15-3-4-17(20(24)6-15)14-2-5-21(27-7-14)23(12-25)18-10-32-11-19(18)23/h2-7,16,18-19H,8-11H2,1H3,(H,26,29)/t16-,18-,19+,23+/m0/s1. The number of nitrogens with one attached hydrogen (secondary N) is 1. The van der Waals surface area contributed by atoms with Crippen LogP contribution in [0.3, 0.4) is 0 Å². The van der Waals surface area contributed by atoms with E-state index < -0.39 is 23.4 Å². The van der Waals surface area contributed by atoms with Crippen LogP contribution in [0.2, 0.25) is 0 Å². The summed E-state index contributed by atoms with van der Waals surface area (Å²) in [6, 6.07) is 10.7. The van der Waals surface area contributed by atoms with Crippen molar-refractivity contribution in [1.29, 1.82) is 5.26 Å². The van der Waals surface area contributed by atoms with Gasteiger partial charge in [-0.05, 0) is 47.6 Å². The molecule has 3 aliphatic rings. The molecule has 2 aliphatic heterocycles. The number of fused-ring (bicyclic) bond motifs is 1. The van der Waals surface area contributed by atoms with E-state index >= 15 is 0 Å². The monoisotopic (exact) mass is 452 g/mol. The Kier molecular flexibility index (Phi) is 5.05. The zero-order chi connectivity index (χ0) is 22.5. The summed E-state index contributed by atoms with van der Waals surface area (Å²) in [6.45, 7) is 1.82. The maximum atomic E-state index is 14.9. The molecule has 0 radical (unpaired) electrons. The van der Waals surface area contributed by atoms with Gasteiger partial charge in [-0.25, -0.2) is 9.18 Å². The molecule has 0 spiro atoms. The predicted octanol–water partition coefficient (Wildman–Crippen LogP) is 3.10. The first-order chi connectivity index (χ1) is 15.4. The summed E-state index contributed by atoms with van der Waals surface area (Å²) in [5, 5.41) is 12.4. The maximum Gasteiger partial charge on any atom is 0.414 e. The molecule has 1 N–H and O–H groups in total. The van der Waals surface area contributed by atoms with Crippen LogP contribution < -0.4 is 10.2 Å². The van der Waals surface area contributed by atoms with Gasteiger partial charge >= 0.3 is 6.09 Å². The Morgan fingerprint density at radius 2 is 2.16 bits per heavy atom. The minimum atomic E-state index is -0.575. The molecule has 1 saturated carbocycles. The third-order valence-electron chi connectivity index (χ3n) is 6.54. The van der Waals surface area contributed by atoms with Crippen LogP contribution in [0.4, 0.5) is 14.9 Å². The van der Waals surface area contributed by atoms with Crippen LogP contribution in [0.15, 0.2) is 36.5 Å². The van der Waals surface area contributed by atoms with Gasteiger partial charge in [0.15, 0.2) is 0 Å². The molecular formula is C23H21FN4O3S. The number of nitrogens with zero attached hydrogens (tertiary/aromatic N) is 3. The number of benzene rings is 1. The second-order valence-corrected chi connectivity index (χ2v) is 9.46. The molecule has 32 heavy (non-hydrogen) atoms. The van der Waals surface area contributed by atoms with E-state index in [-0.39, 0.29) is 19.0 Å². The van der Waals surface area contributed by atoms with E-state index in [2.05, 4.69) is 16.4 Å². The van der Waals surface area contributed by atoms with Crippen molar-refractivity contribution in [3.05, 3.63) is 48.0 Å². The van der Waals surface area contributed by atoms with E-state index in [0.717, 1.165) is 17.2 Å². The van der Waals surface area contributed by atoms with Crippen molar-refractivity contribution >= 4 is 29.4 Å².